The number of azo groups is 1. The number of aryl methyl sites for hydroxylation is 1. The summed E-state index contributed by atoms with van der Waals surface area (Å²) < 4.78 is 28.9. The van der Waals surface area contributed by atoms with E-state index in [0.29, 0.717) is 18.8 Å². The van der Waals surface area contributed by atoms with Crippen molar-refractivity contribution in [1.29, 1.82) is 0 Å². The van der Waals surface area contributed by atoms with E-state index in [1.807, 2.05) is 18.7 Å². The van der Waals surface area contributed by atoms with E-state index in [-0.39, 0.29) is 33.9 Å². The number of benzene rings is 1. The van der Waals surface area contributed by atoms with Gasteiger partial charge in [0.1, 0.15) is 17.3 Å². The average Bonchev–Trinajstić information content (AvgIpc) is 3.32. The third kappa shape index (κ3) is 5.11. The van der Waals surface area contributed by atoms with Crippen molar-refractivity contribution in [3.05, 3.63) is 71.1 Å². The Bertz CT molecular complexity index is 1150. The Kier molecular flexibility index (Phi) is 7.72. The second-order valence-corrected chi connectivity index (χ2v) is 10.1. The Labute approximate surface area is 206 Å². The van der Waals surface area contributed by atoms with Crippen LogP contribution < -0.4 is 0 Å². The monoisotopic (exact) mass is 483 g/mol. The number of carbonyl (C=O) groups excluding carboxylic acids is 1. The lowest BCUT2D eigenvalue weighted by molar-refractivity contribution is 0.0417. The Balaban J connectivity index is 1.88. The molecule has 1 N–H and O–H groups in total. The lowest BCUT2D eigenvalue weighted by Crippen LogP contribution is -2.46. The van der Waals surface area contributed by atoms with E-state index < -0.39 is 11.6 Å². The summed E-state index contributed by atoms with van der Waals surface area (Å²) in [6, 6.07) is 5.48. The maximum atomic E-state index is 14.5. The van der Waals surface area contributed by atoms with Gasteiger partial charge in [-0.2, -0.15) is 15.3 Å². The molecule has 8 heteroatoms. The van der Waals surface area contributed by atoms with E-state index in [4.69, 9.17) is 0 Å². The van der Waals surface area contributed by atoms with Gasteiger partial charge < -0.3 is 4.90 Å². The molecule has 1 fully saturated rings. The van der Waals surface area contributed by atoms with Crippen LogP contribution in [0.2, 0.25) is 0 Å². The number of nitrogens with zero attached hydrogens (tertiary/aromatic N) is 4. The van der Waals surface area contributed by atoms with E-state index in [9.17, 15) is 13.6 Å². The first-order valence-corrected chi connectivity index (χ1v) is 11.9. The van der Waals surface area contributed by atoms with Crippen molar-refractivity contribution < 1.29 is 13.6 Å². The van der Waals surface area contributed by atoms with Crippen LogP contribution in [-0.4, -0.2) is 41.1 Å². The molecular formula is C27H35F2N5O. The van der Waals surface area contributed by atoms with Gasteiger partial charge in [0, 0.05) is 25.8 Å². The number of rotatable bonds is 8. The summed E-state index contributed by atoms with van der Waals surface area (Å²) in [5, 5.41) is 14.8. The molecular weight excluding hydrogens is 448 g/mol. The first-order valence-electron chi connectivity index (χ1n) is 11.9. The van der Waals surface area contributed by atoms with Gasteiger partial charge in [0.2, 0.25) is 0 Å². The highest BCUT2D eigenvalue weighted by atomic mass is 19.1. The normalized spacial score (nSPS) is 22.1. The van der Waals surface area contributed by atoms with Crippen molar-refractivity contribution >= 4 is 11.6 Å². The van der Waals surface area contributed by atoms with E-state index in [1.165, 1.54) is 25.2 Å². The van der Waals surface area contributed by atoms with Gasteiger partial charge in [-0.25, -0.2) is 8.78 Å². The number of aromatic nitrogens is 2. The minimum absolute atomic E-state index is 0.0332. The molecule has 1 aromatic carbocycles. The predicted octanol–water partition coefficient (Wildman–Crippen LogP) is 6.58. The molecule has 0 unspecified atom stereocenters. The minimum atomic E-state index is -0.697. The molecule has 0 bridgehead atoms. The Morgan fingerprint density at radius 1 is 1.31 bits per heavy atom. The maximum absolute atomic E-state index is 14.5. The minimum Gasteiger partial charge on any atom is -0.337 e. The van der Waals surface area contributed by atoms with Crippen molar-refractivity contribution in [1.82, 2.24) is 15.1 Å². The molecule has 0 saturated heterocycles. The van der Waals surface area contributed by atoms with Gasteiger partial charge in [-0.15, -0.1) is 0 Å². The van der Waals surface area contributed by atoms with Crippen molar-refractivity contribution in [2.45, 2.75) is 47.5 Å². The maximum Gasteiger partial charge on any atom is 0.274 e. The zero-order chi connectivity index (χ0) is 26.0. The fourth-order valence-electron chi connectivity index (χ4n) is 5.21. The van der Waals surface area contributed by atoms with Crippen molar-refractivity contribution in [3.63, 3.8) is 0 Å². The predicted molar refractivity (Wildman–Crippen MR) is 134 cm³/mol. The van der Waals surface area contributed by atoms with Gasteiger partial charge in [-0.05, 0) is 73.3 Å². The van der Waals surface area contributed by atoms with Crippen LogP contribution in [0.4, 0.5) is 8.78 Å². The molecule has 35 heavy (non-hydrogen) atoms. The highest BCUT2D eigenvalue weighted by molar-refractivity contribution is 5.92. The molecule has 0 aliphatic heterocycles. The first kappa shape index (κ1) is 26.4. The van der Waals surface area contributed by atoms with Crippen molar-refractivity contribution in [2.75, 3.05) is 20.1 Å². The van der Waals surface area contributed by atoms with Crippen LogP contribution in [0.25, 0.3) is 5.70 Å². The average molecular weight is 484 g/mol. The number of H-pyrrole nitrogens is 1. The summed E-state index contributed by atoms with van der Waals surface area (Å²) >= 11 is 0. The largest absolute Gasteiger partial charge is 0.337 e. The quantitative estimate of drug-likeness (QED) is 0.340. The van der Waals surface area contributed by atoms with Crippen molar-refractivity contribution in [2.24, 2.45) is 27.0 Å². The summed E-state index contributed by atoms with van der Waals surface area (Å²) in [5.74, 6) is -1.46. The number of halogens is 2. The van der Waals surface area contributed by atoms with Crippen LogP contribution in [0, 0.1) is 35.3 Å². The van der Waals surface area contributed by atoms with Gasteiger partial charge in [0.15, 0.2) is 0 Å². The van der Waals surface area contributed by atoms with Crippen LogP contribution in [0.3, 0.4) is 0 Å². The molecule has 2 atom stereocenters. The fraction of sp³-hybridized carbons (Fsp3) is 0.481. The SMILES string of the molecule is C=C(/C=C(\N=N/C)c1c(F)cccc1F)[C@@H]1CC[C@@](C)(CN(CC)C(=O)c2cc(C)[nH]n2)C1(C)C. The molecule has 1 amide bonds. The highest BCUT2D eigenvalue weighted by Crippen LogP contribution is 2.58. The van der Waals surface area contributed by atoms with Crippen LogP contribution in [0.1, 0.15) is 62.3 Å². The molecule has 3 rings (SSSR count). The standard InChI is InChI=1S/C27H35F2N5O/c1-8-34(25(35)23-15-18(3)31-33-23)16-27(6)13-12-19(26(27,4)5)17(2)14-22(32-30-7)24-20(28)10-9-11-21(24)29/h9-11,14-15,19H,2,8,12-13,16H2,1,3-7H3,(H,31,33)/b22-14-,32-30-/t19-,27-/m0/s1. The molecule has 188 valence electrons. The summed E-state index contributed by atoms with van der Waals surface area (Å²) in [7, 11) is 1.46. The topological polar surface area (TPSA) is 73.7 Å². The van der Waals surface area contributed by atoms with Gasteiger partial charge >= 0.3 is 0 Å². The first-order chi connectivity index (χ1) is 16.4. The molecule has 2 aromatic rings. The molecule has 0 spiro atoms. The van der Waals surface area contributed by atoms with Gasteiger partial charge in [0.25, 0.3) is 5.91 Å². The second kappa shape index (κ2) is 10.2. The Morgan fingerprint density at radius 2 is 1.97 bits per heavy atom. The molecule has 0 radical (unpaired) electrons. The molecule has 6 nitrogen and oxygen atoms in total. The number of nitrogens with one attached hydrogen (secondary N) is 1. The number of aromatic amines is 1. The third-order valence-electron chi connectivity index (χ3n) is 7.74. The van der Waals surface area contributed by atoms with Crippen LogP contribution >= 0.6 is 0 Å². The summed E-state index contributed by atoms with van der Waals surface area (Å²) in [5.41, 5.74) is 1.42. The molecule has 1 aliphatic carbocycles. The number of allylic oxidation sites excluding steroid dienone is 2. The van der Waals surface area contributed by atoms with E-state index in [2.05, 4.69) is 47.8 Å². The zero-order valence-corrected chi connectivity index (χ0v) is 21.5. The molecule has 1 aromatic heterocycles. The van der Waals surface area contributed by atoms with Crippen LogP contribution in [0.15, 0.2) is 52.7 Å². The number of hydrogen-bond donors (Lipinski definition) is 1. The zero-order valence-electron chi connectivity index (χ0n) is 21.5. The van der Waals surface area contributed by atoms with E-state index in [1.54, 1.807) is 12.1 Å². The molecule has 1 heterocycles. The number of amides is 1. The fourth-order valence-corrected chi connectivity index (χ4v) is 5.21. The number of hydrogen-bond acceptors (Lipinski definition) is 4. The second-order valence-electron chi connectivity index (χ2n) is 10.1. The molecule has 1 saturated carbocycles. The Morgan fingerprint density at radius 3 is 2.51 bits per heavy atom. The number of carbonyl (C=O) groups is 1. The summed E-state index contributed by atoms with van der Waals surface area (Å²) in [4.78, 5) is 14.9. The molecule has 1 aliphatic rings. The smallest absolute Gasteiger partial charge is 0.274 e. The van der Waals surface area contributed by atoms with Crippen LogP contribution in [-0.2, 0) is 0 Å². The summed E-state index contributed by atoms with van der Waals surface area (Å²) in [6.45, 7) is 15.8. The highest BCUT2D eigenvalue weighted by Gasteiger charge is 2.52. The van der Waals surface area contributed by atoms with Gasteiger partial charge in [-0.1, -0.05) is 33.4 Å². The van der Waals surface area contributed by atoms with Gasteiger partial charge in [0.05, 0.1) is 11.3 Å². The van der Waals surface area contributed by atoms with Gasteiger partial charge in [-0.3, -0.25) is 9.89 Å². The van der Waals surface area contributed by atoms with E-state index in [0.717, 1.165) is 24.1 Å². The van der Waals surface area contributed by atoms with Crippen LogP contribution in [0.5, 0.6) is 0 Å². The Hall–Kier alpha value is -3.16. The lowest BCUT2D eigenvalue weighted by atomic mass is 9.64. The van der Waals surface area contributed by atoms with E-state index >= 15 is 0 Å². The lowest BCUT2D eigenvalue weighted by Gasteiger charge is -2.44. The van der Waals surface area contributed by atoms with Crippen molar-refractivity contribution in [3.8, 4) is 0 Å². The summed E-state index contributed by atoms with van der Waals surface area (Å²) in [6.07, 6.45) is 3.35. The third-order valence-corrected chi connectivity index (χ3v) is 7.74.